The van der Waals surface area contributed by atoms with Gasteiger partial charge in [-0.2, -0.15) is 0 Å². The van der Waals surface area contributed by atoms with E-state index in [0.717, 1.165) is 44.8 Å². The molecule has 4 rings (SSSR count). The fourth-order valence-electron chi connectivity index (χ4n) is 2.72. The van der Waals surface area contributed by atoms with Crippen LogP contribution < -0.4 is 5.73 Å². The van der Waals surface area contributed by atoms with Crippen molar-refractivity contribution < 1.29 is 0 Å². The van der Waals surface area contributed by atoms with Gasteiger partial charge >= 0.3 is 0 Å². The maximum absolute atomic E-state index is 6.40. The van der Waals surface area contributed by atoms with E-state index in [4.69, 9.17) is 22.3 Å². The van der Waals surface area contributed by atoms with Crippen molar-refractivity contribution in [3.8, 4) is 11.4 Å². The summed E-state index contributed by atoms with van der Waals surface area (Å²) in [6.07, 6.45) is 2.33. The Hall–Kier alpha value is -1.52. The average molecular weight is 363 g/mol. The number of para-hydroxylation sites is 2. The lowest BCUT2D eigenvalue weighted by atomic mass is 10.1. The highest BCUT2D eigenvalue weighted by atomic mass is 79.9. The molecule has 0 aliphatic heterocycles. The average Bonchev–Trinajstić information content (AvgIpc) is 3.23. The molecule has 0 radical (unpaired) electrons. The van der Waals surface area contributed by atoms with Crippen molar-refractivity contribution in [1.82, 2.24) is 9.55 Å². The Labute approximate surface area is 135 Å². The lowest BCUT2D eigenvalue weighted by molar-refractivity contribution is 0.775. The Bertz CT molecular complexity index is 852. The van der Waals surface area contributed by atoms with Gasteiger partial charge in [-0.25, -0.2) is 4.98 Å². The number of hydrogen-bond acceptors (Lipinski definition) is 2. The minimum atomic E-state index is 0.475. The van der Waals surface area contributed by atoms with Gasteiger partial charge in [-0.15, -0.1) is 0 Å². The molecule has 1 heterocycles. The van der Waals surface area contributed by atoms with Crippen LogP contribution in [0.25, 0.3) is 22.4 Å². The molecule has 0 atom stereocenters. The monoisotopic (exact) mass is 361 g/mol. The maximum Gasteiger partial charge on any atom is 0.143 e. The van der Waals surface area contributed by atoms with E-state index in [1.807, 2.05) is 36.4 Å². The first kappa shape index (κ1) is 13.2. The molecule has 21 heavy (non-hydrogen) atoms. The molecule has 0 unspecified atom stereocenters. The molecular weight excluding hydrogens is 350 g/mol. The summed E-state index contributed by atoms with van der Waals surface area (Å²) in [6, 6.07) is 12.3. The first-order valence-electron chi connectivity index (χ1n) is 6.87. The van der Waals surface area contributed by atoms with E-state index in [2.05, 4.69) is 20.5 Å². The molecule has 3 nitrogen and oxygen atoms in total. The molecule has 0 saturated heterocycles. The molecule has 1 fully saturated rings. The van der Waals surface area contributed by atoms with E-state index in [9.17, 15) is 0 Å². The van der Waals surface area contributed by atoms with Gasteiger partial charge in [0.2, 0.25) is 0 Å². The van der Waals surface area contributed by atoms with Crippen LogP contribution in [0.1, 0.15) is 18.9 Å². The van der Waals surface area contributed by atoms with Gasteiger partial charge in [0.1, 0.15) is 5.82 Å². The minimum absolute atomic E-state index is 0.475. The number of nitrogen functional groups attached to an aromatic ring is 1. The van der Waals surface area contributed by atoms with E-state index in [-0.39, 0.29) is 0 Å². The predicted octanol–water partition coefficient (Wildman–Crippen LogP) is 5.04. The molecule has 5 heteroatoms. The smallest absolute Gasteiger partial charge is 0.143 e. The Morgan fingerprint density at radius 2 is 1.95 bits per heavy atom. The molecule has 2 aromatic carbocycles. The van der Waals surface area contributed by atoms with Crippen molar-refractivity contribution in [1.29, 1.82) is 0 Å². The van der Waals surface area contributed by atoms with Crippen LogP contribution in [0.3, 0.4) is 0 Å². The number of imidazole rings is 1. The first-order chi connectivity index (χ1) is 10.2. The van der Waals surface area contributed by atoms with Crippen LogP contribution in [-0.4, -0.2) is 9.55 Å². The van der Waals surface area contributed by atoms with Crippen LogP contribution in [0, 0.1) is 0 Å². The highest BCUT2D eigenvalue weighted by molar-refractivity contribution is 9.10. The van der Waals surface area contributed by atoms with Crippen molar-refractivity contribution in [3.05, 3.63) is 45.9 Å². The largest absolute Gasteiger partial charge is 0.397 e. The second kappa shape index (κ2) is 4.75. The Balaban J connectivity index is 2.07. The zero-order valence-electron chi connectivity index (χ0n) is 11.2. The van der Waals surface area contributed by atoms with Gasteiger partial charge < -0.3 is 10.3 Å². The van der Waals surface area contributed by atoms with Gasteiger partial charge in [0.25, 0.3) is 0 Å². The van der Waals surface area contributed by atoms with E-state index < -0.39 is 0 Å². The van der Waals surface area contributed by atoms with Crippen LogP contribution in [-0.2, 0) is 0 Å². The van der Waals surface area contributed by atoms with Crippen molar-refractivity contribution in [3.63, 3.8) is 0 Å². The molecule has 1 aliphatic carbocycles. The topological polar surface area (TPSA) is 43.8 Å². The Kier molecular flexibility index (Phi) is 2.98. The maximum atomic E-state index is 6.40. The number of nitrogens with zero attached hydrogens (tertiary/aromatic N) is 2. The van der Waals surface area contributed by atoms with Crippen molar-refractivity contribution >= 4 is 44.3 Å². The molecule has 106 valence electrons. The lowest BCUT2D eigenvalue weighted by Gasteiger charge is -2.11. The molecule has 0 bridgehead atoms. The molecule has 3 aromatic rings. The molecule has 1 aromatic heterocycles. The van der Waals surface area contributed by atoms with Gasteiger partial charge in [-0.3, -0.25) is 0 Å². The third-order valence-corrected chi connectivity index (χ3v) is 4.86. The Morgan fingerprint density at radius 3 is 2.71 bits per heavy atom. The van der Waals surface area contributed by atoms with Gasteiger partial charge in [0.05, 0.1) is 21.7 Å². The van der Waals surface area contributed by atoms with E-state index in [1.165, 1.54) is 0 Å². The van der Waals surface area contributed by atoms with Crippen LogP contribution >= 0.6 is 27.5 Å². The number of anilines is 1. The molecule has 0 spiro atoms. The molecular formula is C16H13BrClN3. The first-order valence-corrected chi connectivity index (χ1v) is 8.04. The van der Waals surface area contributed by atoms with E-state index in [1.54, 1.807) is 0 Å². The number of halogens is 2. The van der Waals surface area contributed by atoms with Crippen molar-refractivity contribution in [2.75, 3.05) is 5.73 Å². The quantitative estimate of drug-likeness (QED) is 0.649. The number of hydrogen-bond donors (Lipinski definition) is 1. The van der Waals surface area contributed by atoms with Gasteiger partial charge in [-0.05, 0) is 53.0 Å². The fourth-order valence-corrected chi connectivity index (χ4v) is 3.34. The van der Waals surface area contributed by atoms with E-state index >= 15 is 0 Å². The van der Waals surface area contributed by atoms with Gasteiger partial charge in [-0.1, -0.05) is 23.7 Å². The molecule has 0 amide bonds. The minimum Gasteiger partial charge on any atom is -0.397 e. The standard InChI is InChI=1S/C16H13BrClN3/c17-11-4-1-3-10(14(11)19)16-20-13-6-2-5-12(18)15(13)21(16)9-7-8-9/h1-6,9H,7-8,19H2. The van der Waals surface area contributed by atoms with E-state index in [0.29, 0.717) is 11.7 Å². The number of benzene rings is 2. The highest BCUT2D eigenvalue weighted by Crippen LogP contribution is 2.44. The van der Waals surface area contributed by atoms with Gasteiger partial charge in [0, 0.05) is 16.1 Å². The lowest BCUT2D eigenvalue weighted by Crippen LogP contribution is -2.00. The SMILES string of the molecule is Nc1c(Br)cccc1-c1nc2cccc(Cl)c2n1C1CC1. The summed E-state index contributed by atoms with van der Waals surface area (Å²) in [4.78, 5) is 4.78. The third kappa shape index (κ3) is 2.05. The summed E-state index contributed by atoms with van der Waals surface area (Å²) in [5.41, 5.74) is 9.82. The molecule has 1 saturated carbocycles. The third-order valence-electron chi connectivity index (χ3n) is 3.87. The summed E-state index contributed by atoms with van der Waals surface area (Å²) < 4.78 is 3.14. The fraction of sp³-hybridized carbons (Fsp3) is 0.188. The van der Waals surface area contributed by atoms with Crippen LogP contribution in [0.2, 0.25) is 5.02 Å². The normalized spacial score (nSPS) is 14.8. The molecule has 2 N–H and O–H groups in total. The van der Waals surface area contributed by atoms with Crippen LogP contribution in [0.15, 0.2) is 40.9 Å². The number of aromatic nitrogens is 2. The number of nitrogens with two attached hydrogens (primary N) is 1. The summed E-state index contributed by atoms with van der Waals surface area (Å²) in [7, 11) is 0. The molecule has 1 aliphatic rings. The second-order valence-corrected chi connectivity index (χ2v) is 6.61. The summed E-state index contributed by atoms with van der Waals surface area (Å²) >= 11 is 9.90. The highest BCUT2D eigenvalue weighted by Gasteiger charge is 2.30. The zero-order valence-corrected chi connectivity index (χ0v) is 13.5. The summed E-state index contributed by atoms with van der Waals surface area (Å²) in [5.74, 6) is 0.902. The summed E-state index contributed by atoms with van der Waals surface area (Å²) in [5, 5.41) is 0.742. The Morgan fingerprint density at radius 1 is 1.19 bits per heavy atom. The second-order valence-electron chi connectivity index (χ2n) is 5.35. The van der Waals surface area contributed by atoms with Crippen molar-refractivity contribution in [2.24, 2.45) is 0 Å². The predicted molar refractivity (Wildman–Crippen MR) is 90.6 cm³/mol. The van der Waals surface area contributed by atoms with Crippen molar-refractivity contribution in [2.45, 2.75) is 18.9 Å². The zero-order chi connectivity index (χ0) is 14.6. The number of fused-ring (bicyclic) bond motifs is 1. The van der Waals surface area contributed by atoms with Gasteiger partial charge in [0.15, 0.2) is 0 Å². The van der Waals surface area contributed by atoms with Crippen LogP contribution in [0.4, 0.5) is 5.69 Å². The number of rotatable bonds is 2. The summed E-state index contributed by atoms with van der Waals surface area (Å²) in [6.45, 7) is 0. The van der Waals surface area contributed by atoms with Crippen LogP contribution in [0.5, 0.6) is 0 Å².